The zero-order chi connectivity index (χ0) is 20.6. The van der Waals surface area contributed by atoms with E-state index in [1.165, 1.54) is 15.8 Å². The van der Waals surface area contributed by atoms with E-state index in [-0.39, 0.29) is 5.91 Å². The van der Waals surface area contributed by atoms with E-state index >= 15 is 0 Å². The number of rotatable bonds is 9. The van der Waals surface area contributed by atoms with Crippen LogP contribution in [0.25, 0.3) is 10.2 Å². The van der Waals surface area contributed by atoms with E-state index < -0.39 is 0 Å². The molecule has 0 radical (unpaired) electrons. The van der Waals surface area contributed by atoms with Gasteiger partial charge in [0.05, 0.1) is 28.4 Å². The second-order valence-corrected chi connectivity index (χ2v) is 8.83. The van der Waals surface area contributed by atoms with Gasteiger partial charge in [-0.25, -0.2) is 4.98 Å². The second kappa shape index (κ2) is 10.7. The van der Waals surface area contributed by atoms with Crippen molar-refractivity contribution in [2.24, 2.45) is 0 Å². The lowest BCUT2D eigenvalue weighted by Crippen LogP contribution is -2.36. The molecule has 1 fully saturated rings. The van der Waals surface area contributed by atoms with Gasteiger partial charge >= 0.3 is 0 Å². The number of nitrogens with one attached hydrogen (secondary N) is 1. The molecule has 0 spiro atoms. The van der Waals surface area contributed by atoms with Crippen LogP contribution >= 0.6 is 11.3 Å². The fraction of sp³-hybridized carbons (Fsp3) is 0.417. The van der Waals surface area contributed by atoms with Gasteiger partial charge in [-0.2, -0.15) is 0 Å². The first-order valence-electron chi connectivity index (χ1n) is 10.8. The molecule has 4 rings (SSSR count). The van der Waals surface area contributed by atoms with Crippen LogP contribution in [0, 0.1) is 0 Å². The Morgan fingerprint density at radius 2 is 1.80 bits per heavy atom. The molecule has 0 unspecified atom stereocenters. The molecule has 158 valence electrons. The first kappa shape index (κ1) is 21.0. The van der Waals surface area contributed by atoms with Crippen LogP contribution in [0.4, 0.5) is 0 Å². The van der Waals surface area contributed by atoms with Crippen LogP contribution in [0.2, 0.25) is 0 Å². The van der Waals surface area contributed by atoms with Gasteiger partial charge in [0.25, 0.3) is 0 Å². The normalized spacial score (nSPS) is 14.8. The molecule has 2 aromatic carbocycles. The van der Waals surface area contributed by atoms with Crippen LogP contribution in [-0.4, -0.2) is 42.1 Å². The van der Waals surface area contributed by atoms with Crippen LogP contribution in [0.15, 0.2) is 48.5 Å². The number of unbranched alkanes of at least 4 members (excludes halogenated alkanes) is 1. The lowest BCUT2D eigenvalue weighted by molar-refractivity contribution is -0.121. The number of carbonyl (C=O) groups excluding carboxylic acids is 1. The summed E-state index contributed by atoms with van der Waals surface area (Å²) >= 11 is 1.76. The molecule has 0 bridgehead atoms. The van der Waals surface area contributed by atoms with Crippen molar-refractivity contribution in [3.63, 3.8) is 0 Å². The lowest BCUT2D eigenvalue weighted by atomic mass is 10.1. The highest BCUT2D eigenvalue weighted by atomic mass is 32.1. The van der Waals surface area contributed by atoms with Gasteiger partial charge in [-0.05, 0) is 42.5 Å². The molecule has 0 atom stereocenters. The van der Waals surface area contributed by atoms with E-state index in [1.807, 2.05) is 18.2 Å². The Bertz CT molecular complexity index is 933. The molecule has 1 aliphatic rings. The van der Waals surface area contributed by atoms with E-state index in [9.17, 15) is 4.79 Å². The summed E-state index contributed by atoms with van der Waals surface area (Å²) in [7, 11) is 0. The Kier molecular flexibility index (Phi) is 7.45. The molecule has 1 N–H and O–H groups in total. The fourth-order valence-corrected chi connectivity index (χ4v) is 4.76. The Labute approximate surface area is 182 Å². The van der Waals surface area contributed by atoms with Crippen LogP contribution in [0.5, 0.6) is 0 Å². The van der Waals surface area contributed by atoms with Crippen molar-refractivity contribution in [1.82, 2.24) is 15.2 Å². The van der Waals surface area contributed by atoms with E-state index in [0.29, 0.717) is 13.0 Å². The van der Waals surface area contributed by atoms with Gasteiger partial charge in [-0.3, -0.25) is 9.69 Å². The number of morpholine rings is 1. The monoisotopic (exact) mass is 423 g/mol. The summed E-state index contributed by atoms with van der Waals surface area (Å²) in [6.45, 7) is 5.05. The maximum Gasteiger partial charge on any atom is 0.220 e. The number of fused-ring (bicyclic) bond motifs is 1. The van der Waals surface area contributed by atoms with Crippen molar-refractivity contribution >= 4 is 27.5 Å². The highest BCUT2D eigenvalue weighted by Crippen LogP contribution is 2.23. The quantitative estimate of drug-likeness (QED) is 0.525. The number of amides is 1. The number of hydrogen-bond donors (Lipinski definition) is 1. The average molecular weight is 424 g/mol. The molecule has 1 saturated heterocycles. The number of nitrogens with zero attached hydrogens (tertiary/aromatic N) is 2. The molecule has 0 saturated carbocycles. The fourth-order valence-electron chi connectivity index (χ4n) is 3.76. The molecular formula is C24H29N3O2S. The highest BCUT2D eigenvalue weighted by Gasteiger charge is 2.13. The van der Waals surface area contributed by atoms with E-state index in [2.05, 4.69) is 45.5 Å². The van der Waals surface area contributed by atoms with Crippen LogP contribution in [-0.2, 0) is 29.0 Å². The van der Waals surface area contributed by atoms with Gasteiger partial charge in [0.15, 0.2) is 0 Å². The number of para-hydroxylation sites is 1. The van der Waals surface area contributed by atoms with Crippen LogP contribution < -0.4 is 5.32 Å². The van der Waals surface area contributed by atoms with Crippen molar-refractivity contribution in [1.29, 1.82) is 0 Å². The summed E-state index contributed by atoms with van der Waals surface area (Å²) in [6, 6.07) is 16.6. The Morgan fingerprint density at radius 3 is 2.63 bits per heavy atom. The SMILES string of the molecule is O=C(CCCCc1nc2ccccc2s1)NCc1ccccc1CN1CCOCC1. The van der Waals surface area contributed by atoms with E-state index in [1.54, 1.807) is 11.3 Å². The molecule has 2 heterocycles. The van der Waals surface area contributed by atoms with Gasteiger partial charge in [0.1, 0.15) is 0 Å². The molecule has 3 aromatic rings. The number of aromatic nitrogens is 1. The number of aryl methyl sites for hydroxylation is 1. The minimum Gasteiger partial charge on any atom is -0.379 e. The number of ether oxygens (including phenoxy) is 1. The van der Waals surface area contributed by atoms with Crippen molar-refractivity contribution < 1.29 is 9.53 Å². The molecule has 6 heteroatoms. The van der Waals surface area contributed by atoms with E-state index in [4.69, 9.17) is 4.74 Å². The second-order valence-electron chi connectivity index (χ2n) is 7.72. The molecule has 5 nitrogen and oxygen atoms in total. The standard InChI is InChI=1S/C24H29N3O2S/c28-23(11-5-6-12-24-26-21-9-3-4-10-22(21)30-24)25-17-19-7-1-2-8-20(19)18-27-13-15-29-16-14-27/h1-4,7-10H,5-6,11-18H2,(H,25,28). The number of thiazole rings is 1. The molecule has 1 aliphatic heterocycles. The molecule has 1 amide bonds. The average Bonchev–Trinajstić information content (AvgIpc) is 3.20. The summed E-state index contributed by atoms with van der Waals surface area (Å²) in [5.41, 5.74) is 3.56. The van der Waals surface area contributed by atoms with Gasteiger partial charge < -0.3 is 10.1 Å². The Morgan fingerprint density at radius 1 is 1.03 bits per heavy atom. The third-order valence-electron chi connectivity index (χ3n) is 5.47. The van der Waals surface area contributed by atoms with E-state index in [0.717, 1.165) is 62.6 Å². The summed E-state index contributed by atoms with van der Waals surface area (Å²) in [5.74, 6) is 0.125. The van der Waals surface area contributed by atoms with Crippen molar-refractivity contribution in [2.45, 2.75) is 38.8 Å². The van der Waals surface area contributed by atoms with Crippen molar-refractivity contribution in [3.8, 4) is 0 Å². The smallest absolute Gasteiger partial charge is 0.220 e. The summed E-state index contributed by atoms with van der Waals surface area (Å²) in [5, 5.41) is 4.26. The summed E-state index contributed by atoms with van der Waals surface area (Å²) in [4.78, 5) is 19.4. The van der Waals surface area contributed by atoms with Gasteiger partial charge in [0.2, 0.25) is 5.91 Å². The lowest BCUT2D eigenvalue weighted by Gasteiger charge is -2.27. The third kappa shape index (κ3) is 5.88. The van der Waals surface area contributed by atoms with Gasteiger partial charge in [-0.1, -0.05) is 36.4 Å². The minimum atomic E-state index is 0.125. The van der Waals surface area contributed by atoms with Crippen molar-refractivity contribution in [2.75, 3.05) is 26.3 Å². The largest absolute Gasteiger partial charge is 0.379 e. The first-order chi connectivity index (χ1) is 14.8. The molecule has 30 heavy (non-hydrogen) atoms. The van der Waals surface area contributed by atoms with Crippen LogP contribution in [0.1, 0.15) is 35.4 Å². The molecular weight excluding hydrogens is 394 g/mol. The van der Waals surface area contributed by atoms with Crippen LogP contribution in [0.3, 0.4) is 0 Å². The third-order valence-corrected chi connectivity index (χ3v) is 6.57. The summed E-state index contributed by atoms with van der Waals surface area (Å²) in [6.07, 6.45) is 3.38. The number of carbonyl (C=O) groups is 1. The molecule has 0 aliphatic carbocycles. The summed E-state index contributed by atoms with van der Waals surface area (Å²) < 4.78 is 6.67. The zero-order valence-corrected chi connectivity index (χ0v) is 18.1. The predicted molar refractivity (Wildman–Crippen MR) is 122 cm³/mol. The Balaban J connectivity index is 1.19. The highest BCUT2D eigenvalue weighted by molar-refractivity contribution is 7.18. The number of benzene rings is 2. The van der Waals surface area contributed by atoms with Gasteiger partial charge in [0, 0.05) is 32.6 Å². The topological polar surface area (TPSA) is 54.5 Å². The maximum absolute atomic E-state index is 12.3. The van der Waals surface area contributed by atoms with Crippen molar-refractivity contribution in [3.05, 3.63) is 64.7 Å². The zero-order valence-electron chi connectivity index (χ0n) is 17.3. The molecule has 1 aromatic heterocycles. The van der Waals surface area contributed by atoms with Gasteiger partial charge in [-0.15, -0.1) is 11.3 Å². The number of hydrogen-bond acceptors (Lipinski definition) is 5. The Hall–Kier alpha value is -2.28. The first-order valence-corrected chi connectivity index (χ1v) is 11.6. The minimum absolute atomic E-state index is 0.125. The maximum atomic E-state index is 12.3. The predicted octanol–water partition coefficient (Wildman–Crippen LogP) is 4.16.